The van der Waals surface area contributed by atoms with Crippen molar-refractivity contribution in [2.75, 3.05) is 13.2 Å². The van der Waals surface area contributed by atoms with Crippen LogP contribution >= 0.6 is 0 Å². The fourth-order valence-corrected chi connectivity index (χ4v) is 2.28. The van der Waals surface area contributed by atoms with Crippen LogP contribution in [-0.2, 0) is 6.42 Å². The fourth-order valence-electron chi connectivity index (χ4n) is 2.28. The molecule has 94 valence electrons. The zero-order valence-electron chi connectivity index (χ0n) is 10.1. The standard InChI is InChI=1S/C14H20O3/c15-10-7-12-3-5-13(6-4-12)17-11-14(16)8-1-2-9-14/h3-6,15-16H,1-2,7-11H2. The minimum atomic E-state index is -0.621. The Morgan fingerprint density at radius 2 is 1.76 bits per heavy atom. The predicted molar refractivity (Wildman–Crippen MR) is 66.1 cm³/mol. The molecule has 1 aromatic rings. The Hall–Kier alpha value is -1.06. The molecule has 1 fully saturated rings. The lowest BCUT2D eigenvalue weighted by Crippen LogP contribution is -2.32. The first-order valence-electron chi connectivity index (χ1n) is 6.27. The largest absolute Gasteiger partial charge is 0.491 e. The maximum absolute atomic E-state index is 10.1. The summed E-state index contributed by atoms with van der Waals surface area (Å²) in [7, 11) is 0. The third-order valence-corrected chi connectivity index (χ3v) is 3.37. The van der Waals surface area contributed by atoms with Gasteiger partial charge in [0.1, 0.15) is 12.4 Å². The Morgan fingerprint density at radius 3 is 2.35 bits per heavy atom. The summed E-state index contributed by atoms with van der Waals surface area (Å²) in [6.45, 7) is 0.548. The summed E-state index contributed by atoms with van der Waals surface area (Å²) >= 11 is 0. The number of hydrogen-bond acceptors (Lipinski definition) is 3. The molecular weight excluding hydrogens is 216 g/mol. The lowest BCUT2D eigenvalue weighted by Gasteiger charge is -2.22. The molecule has 1 aromatic carbocycles. The van der Waals surface area contributed by atoms with Gasteiger partial charge >= 0.3 is 0 Å². The highest BCUT2D eigenvalue weighted by Gasteiger charge is 2.31. The molecule has 0 heterocycles. The first kappa shape index (κ1) is 12.4. The highest BCUT2D eigenvalue weighted by Crippen LogP contribution is 2.30. The van der Waals surface area contributed by atoms with E-state index >= 15 is 0 Å². The fraction of sp³-hybridized carbons (Fsp3) is 0.571. The molecule has 0 bridgehead atoms. The SMILES string of the molecule is OCCc1ccc(OCC2(O)CCCC2)cc1. The summed E-state index contributed by atoms with van der Waals surface area (Å²) in [5.74, 6) is 0.784. The van der Waals surface area contributed by atoms with Crippen LogP contribution in [-0.4, -0.2) is 29.0 Å². The van der Waals surface area contributed by atoms with E-state index in [9.17, 15) is 5.11 Å². The van der Waals surface area contributed by atoms with Crippen molar-refractivity contribution >= 4 is 0 Å². The van der Waals surface area contributed by atoms with Gasteiger partial charge in [0, 0.05) is 6.61 Å². The van der Waals surface area contributed by atoms with Crippen LogP contribution in [0.5, 0.6) is 5.75 Å². The number of ether oxygens (including phenoxy) is 1. The Bertz CT molecular complexity index is 339. The first-order valence-corrected chi connectivity index (χ1v) is 6.27. The quantitative estimate of drug-likeness (QED) is 0.821. The highest BCUT2D eigenvalue weighted by atomic mass is 16.5. The minimum Gasteiger partial charge on any atom is -0.491 e. The van der Waals surface area contributed by atoms with Gasteiger partial charge in [-0.2, -0.15) is 0 Å². The molecule has 0 spiro atoms. The molecule has 2 N–H and O–H groups in total. The first-order chi connectivity index (χ1) is 8.22. The van der Waals surface area contributed by atoms with E-state index in [1.165, 1.54) is 0 Å². The van der Waals surface area contributed by atoms with E-state index in [1.54, 1.807) is 0 Å². The van der Waals surface area contributed by atoms with E-state index in [0.717, 1.165) is 37.0 Å². The van der Waals surface area contributed by atoms with Gasteiger partial charge < -0.3 is 14.9 Å². The molecule has 3 heteroatoms. The average Bonchev–Trinajstić information content (AvgIpc) is 2.76. The molecular formula is C14H20O3. The van der Waals surface area contributed by atoms with Crippen LogP contribution in [0.25, 0.3) is 0 Å². The highest BCUT2D eigenvalue weighted by molar-refractivity contribution is 5.27. The van der Waals surface area contributed by atoms with Crippen LogP contribution in [0.2, 0.25) is 0 Å². The van der Waals surface area contributed by atoms with Crippen LogP contribution in [0, 0.1) is 0 Å². The topological polar surface area (TPSA) is 49.7 Å². The van der Waals surface area contributed by atoms with Crippen molar-refractivity contribution in [2.24, 2.45) is 0 Å². The zero-order chi connectivity index (χ0) is 12.1. The second kappa shape index (κ2) is 5.52. The molecule has 0 atom stereocenters. The van der Waals surface area contributed by atoms with Crippen molar-refractivity contribution in [1.29, 1.82) is 0 Å². The lowest BCUT2D eigenvalue weighted by atomic mass is 10.0. The van der Waals surface area contributed by atoms with Gasteiger partial charge in [-0.05, 0) is 37.0 Å². The van der Waals surface area contributed by atoms with Gasteiger partial charge in [-0.3, -0.25) is 0 Å². The number of hydrogen-bond donors (Lipinski definition) is 2. The smallest absolute Gasteiger partial charge is 0.119 e. The molecule has 0 amide bonds. The summed E-state index contributed by atoms with van der Waals surface area (Å²) in [4.78, 5) is 0. The molecule has 3 nitrogen and oxygen atoms in total. The molecule has 0 aromatic heterocycles. The molecule has 1 aliphatic carbocycles. The average molecular weight is 236 g/mol. The predicted octanol–water partition coefficient (Wildman–Crippen LogP) is 1.91. The summed E-state index contributed by atoms with van der Waals surface area (Å²) in [5, 5.41) is 18.9. The minimum absolute atomic E-state index is 0.167. The van der Waals surface area contributed by atoms with Crippen LogP contribution in [0.3, 0.4) is 0 Å². The number of rotatable bonds is 5. The van der Waals surface area contributed by atoms with Crippen molar-refractivity contribution < 1.29 is 14.9 Å². The summed E-state index contributed by atoms with van der Waals surface area (Å²) in [5.41, 5.74) is 0.475. The van der Waals surface area contributed by atoms with Crippen LogP contribution in [0.15, 0.2) is 24.3 Å². The van der Waals surface area contributed by atoms with Crippen molar-refractivity contribution in [3.63, 3.8) is 0 Å². The van der Waals surface area contributed by atoms with Crippen LogP contribution in [0.4, 0.5) is 0 Å². The number of aliphatic hydroxyl groups excluding tert-OH is 1. The third kappa shape index (κ3) is 3.45. The van der Waals surface area contributed by atoms with E-state index in [2.05, 4.69) is 0 Å². The Morgan fingerprint density at radius 1 is 1.12 bits per heavy atom. The van der Waals surface area contributed by atoms with Gasteiger partial charge in [0.05, 0.1) is 5.60 Å². The second-order valence-corrected chi connectivity index (χ2v) is 4.84. The molecule has 1 saturated carbocycles. The number of benzene rings is 1. The van der Waals surface area contributed by atoms with Gasteiger partial charge in [0.25, 0.3) is 0 Å². The maximum Gasteiger partial charge on any atom is 0.119 e. The van der Waals surface area contributed by atoms with Gasteiger partial charge in [0.2, 0.25) is 0 Å². The molecule has 17 heavy (non-hydrogen) atoms. The second-order valence-electron chi connectivity index (χ2n) is 4.84. The van der Waals surface area contributed by atoms with E-state index < -0.39 is 5.60 Å². The monoisotopic (exact) mass is 236 g/mol. The Kier molecular flexibility index (Phi) is 4.02. The van der Waals surface area contributed by atoms with E-state index in [1.807, 2.05) is 24.3 Å². The van der Waals surface area contributed by atoms with Crippen molar-refractivity contribution in [1.82, 2.24) is 0 Å². The van der Waals surface area contributed by atoms with Crippen LogP contribution in [0.1, 0.15) is 31.2 Å². The van der Waals surface area contributed by atoms with E-state index in [-0.39, 0.29) is 6.61 Å². The molecule has 1 aliphatic rings. The zero-order valence-corrected chi connectivity index (χ0v) is 10.1. The van der Waals surface area contributed by atoms with Gasteiger partial charge in [-0.25, -0.2) is 0 Å². The Labute approximate surface area is 102 Å². The van der Waals surface area contributed by atoms with Gasteiger partial charge in [-0.15, -0.1) is 0 Å². The van der Waals surface area contributed by atoms with E-state index in [4.69, 9.17) is 9.84 Å². The maximum atomic E-state index is 10.1. The summed E-state index contributed by atoms with van der Waals surface area (Å²) in [6, 6.07) is 7.68. The van der Waals surface area contributed by atoms with Crippen LogP contribution < -0.4 is 4.74 Å². The van der Waals surface area contributed by atoms with E-state index in [0.29, 0.717) is 13.0 Å². The van der Waals surface area contributed by atoms with Gasteiger partial charge in [0.15, 0.2) is 0 Å². The van der Waals surface area contributed by atoms with Crippen molar-refractivity contribution in [3.05, 3.63) is 29.8 Å². The normalized spacial score (nSPS) is 18.2. The summed E-state index contributed by atoms with van der Waals surface area (Å²) in [6.07, 6.45) is 4.54. The van der Waals surface area contributed by atoms with Crippen molar-refractivity contribution in [2.45, 2.75) is 37.7 Å². The molecule has 0 radical (unpaired) electrons. The lowest BCUT2D eigenvalue weighted by molar-refractivity contribution is 0.00141. The third-order valence-electron chi connectivity index (χ3n) is 3.37. The Balaban J connectivity index is 1.86. The molecule has 0 saturated heterocycles. The molecule has 2 rings (SSSR count). The number of aliphatic hydroxyl groups is 2. The summed E-state index contributed by atoms with van der Waals surface area (Å²) < 4.78 is 5.61. The molecule has 0 aliphatic heterocycles. The molecule has 0 unspecified atom stereocenters. The van der Waals surface area contributed by atoms with Crippen molar-refractivity contribution in [3.8, 4) is 5.75 Å². The van der Waals surface area contributed by atoms with Gasteiger partial charge in [-0.1, -0.05) is 25.0 Å².